The van der Waals surface area contributed by atoms with Crippen molar-refractivity contribution < 1.29 is 14.3 Å². The van der Waals surface area contributed by atoms with Crippen LogP contribution in [0.15, 0.2) is 53.7 Å². The number of halogens is 2. The Hall–Kier alpha value is -2.70. The minimum absolute atomic E-state index is 0.213. The summed E-state index contributed by atoms with van der Waals surface area (Å²) in [6.45, 7) is 4.08. The van der Waals surface area contributed by atoms with Crippen LogP contribution in [0.2, 0.25) is 10.0 Å². The zero-order chi connectivity index (χ0) is 21.0. The fraction of sp³-hybridized carbons (Fsp3) is 0.238. The van der Waals surface area contributed by atoms with E-state index in [1.54, 1.807) is 37.3 Å². The summed E-state index contributed by atoms with van der Waals surface area (Å²) in [5, 5.41) is 9.89. The van der Waals surface area contributed by atoms with Crippen molar-refractivity contribution in [3.63, 3.8) is 0 Å². The summed E-state index contributed by atoms with van der Waals surface area (Å²) in [4.78, 5) is 25.0. The summed E-state index contributed by atoms with van der Waals surface area (Å²) < 4.78 is 5.25. The van der Waals surface area contributed by atoms with Crippen molar-refractivity contribution in [2.24, 2.45) is 0 Å². The van der Waals surface area contributed by atoms with Crippen LogP contribution in [-0.2, 0) is 9.53 Å². The summed E-state index contributed by atoms with van der Waals surface area (Å²) in [6.07, 6.45) is 0. The zero-order valence-electron chi connectivity index (χ0n) is 16.0. The van der Waals surface area contributed by atoms with Crippen molar-refractivity contribution in [2.75, 3.05) is 18.5 Å². The summed E-state index contributed by atoms with van der Waals surface area (Å²) in [5.41, 5.74) is 3.22. The van der Waals surface area contributed by atoms with Crippen LogP contribution in [0, 0.1) is 6.92 Å². The van der Waals surface area contributed by atoms with Gasteiger partial charge in [-0.05, 0) is 49.2 Å². The predicted octanol–water partition coefficient (Wildman–Crippen LogP) is 4.59. The standard InChI is InChI=1S/C21H21Cl2N3O3/c1-3-29-20(27)18-17(11-24-15-9-4-12(2)16(23)10-15)25-21(28)26-19(18)13-5-7-14(22)8-6-13/h4-10,19,24H,3,11H2,1-2H3,(H2,25,26,28). The second-order valence-corrected chi connectivity index (χ2v) is 7.36. The molecule has 0 aliphatic carbocycles. The fourth-order valence-corrected chi connectivity index (χ4v) is 3.31. The number of aryl methyl sites for hydroxylation is 1. The molecule has 0 radical (unpaired) electrons. The molecule has 8 heteroatoms. The van der Waals surface area contributed by atoms with E-state index in [1.807, 2.05) is 19.1 Å². The van der Waals surface area contributed by atoms with E-state index in [0.29, 0.717) is 21.3 Å². The van der Waals surface area contributed by atoms with Gasteiger partial charge in [-0.15, -0.1) is 0 Å². The Morgan fingerprint density at radius 2 is 1.90 bits per heavy atom. The molecule has 152 valence electrons. The molecule has 0 saturated carbocycles. The van der Waals surface area contributed by atoms with Crippen LogP contribution >= 0.6 is 23.2 Å². The van der Waals surface area contributed by atoms with Gasteiger partial charge in [0.05, 0.1) is 30.5 Å². The molecule has 1 heterocycles. The molecule has 0 bridgehead atoms. The van der Waals surface area contributed by atoms with E-state index in [9.17, 15) is 9.59 Å². The average molecular weight is 434 g/mol. The molecule has 0 aromatic heterocycles. The number of anilines is 1. The third-order valence-corrected chi connectivity index (χ3v) is 5.15. The van der Waals surface area contributed by atoms with Crippen LogP contribution in [0.25, 0.3) is 0 Å². The smallest absolute Gasteiger partial charge is 0.338 e. The second-order valence-electron chi connectivity index (χ2n) is 6.51. The van der Waals surface area contributed by atoms with Gasteiger partial charge in [-0.25, -0.2) is 9.59 Å². The van der Waals surface area contributed by atoms with Crippen molar-refractivity contribution in [1.29, 1.82) is 0 Å². The van der Waals surface area contributed by atoms with Gasteiger partial charge in [-0.3, -0.25) is 0 Å². The third-order valence-electron chi connectivity index (χ3n) is 4.49. The normalized spacial score (nSPS) is 16.1. The van der Waals surface area contributed by atoms with Crippen LogP contribution in [0.1, 0.15) is 24.1 Å². The Balaban J connectivity index is 1.95. The van der Waals surface area contributed by atoms with Gasteiger partial charge in [0.15, 0.2) is 0 Å². The van der Waals surface area contributed by atoms with Crippen LogP contribution in [-0.4, -0.2) is 25.2 Å². The predicted molar refractivity (Wildman–Crippen MR) is 114 cm³/mol. The highest BCUT2D eigenvalue weighted by Gasteiger charge is 2.33. The fourth-order valence-electron chi connectivity index (χ4n) is 3.01. The number of hydrogen-bond acceptors (Lipinski definition) is 4. The van der Waals surface area contributed by atoms with Gasteiger partial charge in [-0.1, -0.05) is 41.4 Å². The highest BCUT2D eigenvalue weighted by atomic mass is 35.5. The summed E-state index contributed by atoms with van der Waals surface area (Å²) in [6, 6.07) is 11.5. The van der Waals surface area contributed by atoms with Gasteiger partial charge >= 0.3 is 12.0 Å². The van der Waals surface area contributed by atoms with Crippen molar-refractivity contribution >= 4 is 40.9 Å². The number of carbonyl (C=O) groups excluding carboxylic acids is 2. The maximum absolute atomic E-state index is 12.7. The van der Waals surface area contributed by atoms with Crippen molar-refractivity contribution in [3.05, 3.63) is 74.9 Å². The Labute approximate surface area is 179 Å². The molecule has 2 aromatic carbocycles. The molecule has 1 aliphatic heterocycles. The van der Waals surface area contributed by atoms with Crippen LogP contribution in [0.3, 0.4) is 0 Å². The molecule has 0 spiro atoms. The highest BCUT2D eigenvalue weighted by molar-refractivity contribution is 6.31. The number of amides is 2. The van der Waals surface area contributed by atoms with E-state index in [-0.39, 0.29) is 13.2 Å². The lowest BCUT2D eigenvalue weighted by Gasteiger charge is -2.29. The number of carbonyl (C=O) groups is 2. The summed E-state index contributed by atoms with van der Waals surface area (Å²) >= 11 is 12.2. The van der Waals surface area contributed by atoms with Crippen molar-refractivity contribution in [3.8, 4) is 0 Å². The lowest BCUT2D eigenvalue weighted by molar-refractivity contribution is -0.139. The van der Waals surface area contributed by atoms with Gasteiger partial charge in [0, 0.05) is 15.7 Å². The Morgan fingerprint density at radius 1 is 1.17 bits per heavy atom. The monoisotopic (exact) mass is 433 g/mol. The summed E-state index contributed by atoms with van der Waals surface area (Å²) in [5.74, 6) is -0.501. The number of benzene rings is 2. The molecule has 2 amide bonds. The van der Waals surface area contributed by atoms with Crippen LogP contribution in [0.5, 0.6) is 0 Å². The van der Waals surface area contributed by atoms with Crippen molar-refractivity contribution in [2.45, 2.75) is 19.9 Å². The molecule has 1 atom stereocenters. The molecule has 29 heavy (non-hydrogen) atoms. The van der Waals surface area contributed by atoms with Gasteiger partial charge < -0.3 is 20.7 Å². The van der Waals surface area contributed by atoms with E-state index in [4.69, 9.17) is 27.9 Å². The molecular weight excluding hydrogens is 413 g/mol. The first-order valence-corrected chi connectivity index (χ1v) is 9.87. The first-order chi connectivity index (χ1) is 13.9. The van der Waals surface area contributed by atoms with E-state index in [0.717, 1.165) is 16.8 Å². The molecule has 1 aliphatic rings. The van der Waals surface area contributed by atoms with E-state index in [2.05, 4.69) is 16.0 Å². The maximum atomic E-state index is 12.7. The molecule has 1 unspecified atom stereocenters. The number of rotatable bonds is 6. The molecule has 6 nitrogen and oxygen atoms in total. The van der Waals surface area contributed by atoms with Gasteiger partial charge in [0.1, 0.15) is 0 Å². The highest BCUT2D eigenvalue weighted by Crippen LogP contribution is 2.29. The minimum Gasteiger partial charge on any atom is -0.463 e. The SMILES string of the molecule is CCOC(=O)C1=C(CNc2ccc(C)c(Cl)c2)NC(=O)NC1c1ccc(Cl)cc1. The molecule has 2 aromatic rings. The Bertz CT molecular complexity index is 958. The van der Waals surface area contributed by atoms with Crippen molar-refractivity contribution in [1.82, 2.24) is 10.6 Å². The molecule has 3 rings (SSSR count). The average Bonchev–Trinajstić information content (AvgIpc) is 2.69. The molecular formula is C21H21Cl2N3O3. The van der Waals surface area contributed by atoms with Crippen LogP contribution < -0.4 is 16.0 Å². The summed E-state index contributed by atoms with van der Waals surface area (Å²) in [7, 11) is 0. The Kier molecular flexibility index (Phi) is 6.67. The van der Waals surface area contributed by atoms with Gasteiger partial charge in [-0.2, -0.15) is 0 Å². The molecule has 0 saturated heterocycles. The molecule has 0 fully saturated rings. The van der Waals surface area contributed by atoms with E-state index in [1.165, 1.54) is 0 Å². The lowest BCUT2D eigenvalue weighted by Crippen LogP contribution is -2.47. The number of urea groups is 1. The van der Waals surface area contributed by atoms with E-state index >= 15 is 0 Å². The lowest BCUT2D eigenvalue weighted by atomic mass is 9.95. The Morgan fingerprint density at radius 3 is 2.55 bits per heavy atom. The first-order valence-electron chi connectivity index (χ1n) is 9.12. The quantitative estimate of drug-likeness (QED) is 0.582. The minimum atomic E-state index is -0.654. The largest absolute Gasteiger partial charge is 0.463 e. The first kappa shape index (κ1) is 21.0. The number of esters is 1. The van der Waals surface area contributed by atoms with E-state index < -0.39 is 18.0 Å². The molecule has 3 N–H and O–H groups in total. The van der Waals surface area contributed by atoms with Gasteiger partial charge in [0.2, 0.25) is 0 Å². The third kappa shape index (κ3) is 5.02. The van der Waals surface area contributed by atoms with Gasteiger partial charge in [0.25, 0.3) is 0 Å². The maximum Gasteiger partial charge on any atom is 0.338 e. The van der Waals surface area contributed by atoms with Crippen LogP contribution in [0.4, 0.5) is 10.5 Å². The zero-order valence-corrected chi connectivity index (χ0v) is 17.5. The number of ether oxygens (including phenoxy) is 1. The number of hydrogen-bond donors (Lipinski definition) is 3. The number of nitrogens with one attached hydrogen (secondary N) is 3. The second kappa shape index (κ2) is 9.20. The topological polar surface area (TPSA) is 79.5 Å².